The Bertz CT molecular complexity index is 260. The summed E-state index contributed by atoms with van der Waals surface area (Å²) < 4.78 is 0. The average Bonchev–Trinajstić information content (AvgIpc) is 2.25. The smallest absolute Gasteiger partial charge is 0.0199 e. The zero-order chi connectivity index (χ0) is 10.7. The summed E-state index contributed by atoms with van der Waals surface area (Å²) in [6, 6.07) is 0. The Morgan fingerprint density at radius 1 is 1.27 bits per heavy atom. The molecule has 0 N–H and O–H groups in total. The van der Waals surface area contributed by atoms with E-state index in [0.29, 0.717) is 0 Å². The van der Waals surface area contributed by atoms with Crippen molar-refractivity contribution in [2.45, 2.75) is 13.3 Å². The highest BCUT2D eigenvalue weighted by Gasteiger charge is 2.17. The molecule has 0 saturated carbocycles. The van der Waals surface area contributed by atoms with Gasteiger partial charge in [-0.1, -0.05) is 30.7 Å². The van der Waals surface area contributed by atoms with Gasteiger partial charge in [0, 0.05) is 32.7 Å². The maximum atomic E-state index is 2.58. The van der Waals surface area contributed by atoms with Crippen LogP contribution in [0.2, 0.25) is 0 Å². The lowest BCUT2D eigenvalue weighted by atomic mass is 9.93. The lowest BCUT2D eigenvalue weighted by Crippen LogP contribution is -2.45. The minimum absolute atomic E-state index is 0.745. The van der Waals surface area contributed by atoms with Crippen LogP contribution >= 0.6 is 0 Å². The summed E-state index contributed by atoms with van der Waals surface area (Å²) in [7, 11) is 2.21. The van der Waals surface area contributed by atoms with E-state index in [9.17, 15) is 0 Å². The lowest BCUT2D eigenvalue weighted by molar-refractivity contribution is 0.161. The molecule has 1 unspecified atom stereocenters. The first-order chi connectivity index (χ1) is 7.25. The molecule has 0 aromatic heterocycles. The minimum Gasteiger partial charge on any atom is -0.304 e. The van der Waals surface area contributed by atoms with E-state index >= 15 is 0 Å². The van der Waals surface area contributed by atoms with Crippen LogP contribution in [0, 0.1) is 5.92 Å². The van der Waals surface area contributed by atoms with Gasteiger partial charge in [-0.15, -0.1) is 0 Å². The molecule has 15 heavy (non-hydrogen) atoms. The fourth-order valence-corrected chi connectivity index (χ4v) is 2.26. The Morgan fingerprint density at radius 3 is 2.67 bits per heavy atom. The molecule has 0 spiro atoms. The molecule has 1 atom stereocenters. The molecule has 0 aromatic rings. The molecule has 2 nitrogen and oxygen atoms in total. The van der Waals surface area contributed by atoms with Gasteiger partial charge in [-0.3, -0.25) is 4.90 Å². The van der Waals surface area contributed by atoms with E-state index in [-0.39, 0.29) is 0 Å². The van der Waals surface area contributed by atoms with E-state index in [1.54, 1.807) is 5.57 Å². The number of piperazine rings is 1. The first-order valence-electron chi connectivity index (χ1n) is 6.02. The molecule has 0 amide bonds. The maximum absolute atomic E-state index is 2.58. The monoisotopic (exact) mass is 206 g/mol. The SMILES string of the molecule is CC1CC=CC=C1CN1CCN(C)CC1. The second kappa shape index (κ2) is 4.95. The normalized spacial score (nSPS) is 29.2. The van der Waals surface area contributed by atoms with Crippen molar-refractivity contribution >= 4 is 0 Å². The van der Waals surface area contributed by atoms with E-state index in [1.807, 2.05) is 0 Å². The summed E-state index contributed by atoms with van der Waals surface area (Å²) in [6.45, 7) is 8.41. The molecule has 1 aliphatic carbocycles. The summed E-state index contributed by atoms with van der Waals surface area (Å²) >= 11 is 0. The van der Waals surface area contributed by atoms with Crippen LogP contribution in [-0.2, 0) is 0 Å². The molecule has 0 radical (unpaired) electrons. The second-order valence-electron chi connectivity index (χ2n) is 4.89. The van der Waals surface area contributed by atoms with Crippen LogP contribution in [0.1, 0.15) is 13.3 Å². The van der Waals surface area contributed by atoms with Gasteiger partial charge in [0.05, 0.1) is 0 Å². The summed E-state index contributed by atoms with van der Waals surface area (Å²) in [5.41, 5.74) is 1.61. The minimum atomic E-state index is 0.745. The van der Waals surface area contributed by atoms with Crippen LogP contribution < -0.4 is 0 Å². The zero-order valence-electron chi connectivity index (χ0n) is 9.95. The van der Waals surface area contributed by atoms with Gasteiger partial charge in [-0.2, -0.15) is 0 Å². The van der Waals surface area contributed by atoms with E-state index in [1.165, 1.54) is 39.1 Å². The summed E-state index contributed by atoms with van der Waals surface area (Å²) in [6.07, 6.45) is 8.02. The van der Waals surface area contributed by atoms with Gasteiger partial charge in [0.1, 0.15) is 0 Å². The largest absolute Gasteiger partial charge is 0.304 e. The lowest BCUT2D eigenvalue weighted by Gasteiger charge is -2.34. The van der Waals surface area contributed by atoms with Crippen molar-refractivity contribution in [2.75, 3.05) is 39.8 Å². The molecule has 1 aliphatic heterocycles. The van der Waals surface area contributed by atoms with E-state index in [4.69, 9.17) is 0 Å². The molecule has 2 aliphatic rings. The third-order valence-electron chi connectivity index (χ3n) is 3.57. The van der Waals surface area contributed by atoms with E-state index in [2.05, 4.69) is 42.0 Å². The molecule has 2 heteroatoms. The van der Waals surface area contributed by atoms with Crippen LogP contribution in [0.15, 0.2) is 23.8 Å². The van der Waals surface area contributed by atoms with E-state index in [0.717, 1.165) is 5.92 Å². The highest BCUT2D eigenvalue weighted by atomic mass is 15.2. The molecule has 0 aromatic carbocycles. The second-order valence-corrected chi connectivity index (χ2v) is 4.89. The predicted molar refractivity (Wildman–Crippen MR) is 64.9 cm³/mol. The summed E-state index contributed by atoms with van der Waals surface area (Å²) in [5.74, 6) is 0.745. The average molecular weight is 206 g/mol. The van der Waals surface area contributed by atoms with Gasteiger partial charge in [-0.25, -0.2) is 0 Å². The van der Waals surface area contributed by atoms with Crippen molar-refractivity contribution in [3.8, 4) is 0 Å². The highest BCUT2D eigenvalue weighted by molar-refractivity contribution is 5.21. The van der Waals surface area contributed by atoms with Gasteiger partial charge in [0.25, 0.3) is 0 Å². The Labute approximate surface area is 93.2 Å². The quantitative estimate of drug-likeness (QED) is 0.679. The van der Waals surface area contributed by atoms with Gasteiger partial charge < -0.3 is 4.90 Å². The molecule has 1 heterocycles. The molecule has 84 valence electrons. The number of rotatable bonds is 2. The van der Waals surface area contributed by atoms with Crippen LogP contribution in [-0.4, -0.2) is 49.6 Å². The first-order valence-corrected chi connectivity index (χ1v) is 6.02. The van der Waals surface area contributed by atoms with Gasteiger partial charge in [-0.05, 0) is 19.4 Å². The molecule has 1 fully saturated rings. The standard InChI is InChI=1S/C13H22N2/c1-12-5-3-4-6-13(12)11-15-9-7-14(2)8-10-15/h3-4,6,12H,5,7-11H2,1-2H3. The summed E-state index contributed by atoms with van der Waals surface area (Å²) in [5, 5.41) is 0. The van der Waals surface area contributed by atoms with Crippen molar-refractivity contribution in [3.63, 3.8) is 0 Å². The number of nitrogens with zero attached hydrogens (tertiary/aromatic N) is 2. The molecule has 0 bridgehead atoms. The zero-order valence-corrected chi connectivity index (χ0v) is 9.95. The van der Waals surface area contributed by atoms with Crippen LogP contribution in [0.5, 0.6) is 0 Å². The summed E-state index contributed by atoms with van der Waals surface area (Å²) in [4.78, 5) is 5.00. The Kier molecular flexibility index (Phi) is 3.60. The predicted octanol–water partition coefficient (Wildman–Crippen LogP) is 1.76. The van der Waals surface area contributed by atoms with Gasteiger partial charge in [0.15, 0.2) is 0 Å². The first kappa shape index (κ1) is 10.9. The number of allylic oxidation sites excluding steroid dienone is 3. The number of hydrogen-bond acceptors (Lipinski definition) is 2. The Hall–Kier alpha value is -0.600. The number of hydrogen-bond donors (Lipinski definition) is 0. The molecular weight excluding hydrogens is 184 g/mol. The highest BCUT2D eigenvalue weighted by Crippen LogP contribution is 2.20. The fraction of sp³-hybridized carbons (Fsp3) is 0.692. The van der Waals surface area contributed by atoms with Crippen molar-refractivity contribution in [3.05, 3.63) is 23.8 Å². The fourth-order valence-electron chi connectivity index (χ4n) is 2.26. The molecule has 1 saturated heterocycles. The topological polar surface area (TPSA) is 6.48 Å². The van der Waals surface area contributed by atoms with E-state index < -0.39 is 0 Å². The van der Waals surface area contributed by atoms with Crippen molar-refractivity contribution in [1.82, 2.24) is 9.80 Å². The maximum Gasteiger partial charge on any atom is 0.0199 e. The van der Waals surface area contributed by atoms with Crippen LogP contribution in [0.25, 0.3) is 0 Å². The number of likely N-dealkylation sites (N-methyl/N-ethyl adjacent to an activating group) is 1. The van der Waals surface area contributed by atoms with Crippen molar-refractivity contribution in [1.29, 1.82) is 0 Å². The van der Waals surface area contributed by atoms with Crippen LogP contribution in [0.4, 0.5) is 0 Å². The third-order valence-corrected chi connectivity index (χ3v) is 3.57. The molecule has 2 rings (SSSR count). The van der Waals surface area contributed by atoms with Crippen molar-refractivity contribution in [2.24, 2.45) is 5.92 Å². The molecular formula is C13H22N2. The Morgan fingerprint density at radius 2 is 2.00 bits per heavy atom. The van der Waals surface area contributed by atoms with Crippen LogP contribution in [0.3, 0.4) is 0 Å². The third kappa shape index (κ3) is 2.93. The van der Waals surface area contributed by atoms with Crippen molar-refractivity contribution < 1.29 is 0 Å². The van der Waals surface area contributed by atoms with Gasteiger partial charge in [0.2, 0.25) is 0 Å². The van der Waals surface area contributed by atoms with Gasteiger partial charge >= 0.3 is 0 Å². The Balaban J connectivity index is 1.86.